The standard InChI is InChI=1S/C12H21N3O/c13-7-11-1-2-12(14-8-11)15-5-3-10(9-16)4-6-15/h1-2,8,10,12,14,16H,3-7,9,13H2. The highest BCUT2D eigenvalue weighted by molar-refractivity contribution is 5.24. The molecule has 0 radical (unpaired) electrons. The van der Waals surface area contributed by atoms with Crippen molar-refractivity contribution in [3.8, 4) is 0 Å². The molecule has 0 aromatic rings. The van der Waals surface area contributed by atoms with Crippen LogP contribution >= 0.6 is 0 Å². The third kappa shape index (κ3) is 2.64. The van der Waals surface area contributed by atoms with Crippen LogP contribution in [0.2, 0.25) is 0 Å². The second-order valence-corrected chi connectivity index (χ2v) is 4.56. The van der Waals surface area contributed by atoms with Crippen molar-refractivity contribution in [2.45, 2.75) is 19.0 Å². The number of aliphatic hydroxyl groups is 1. The Hall–Kier alpha value is -0.840. The van der Waals surface area contributed by atoms with Gasteiger partial charge in [0, 0.05) is 32.4 Å². The van der Waals surface area contributed by atoms with Gasteiger partial charge in [-0.3, -0.25) is 4.90 Å². The molecule has 0 bridgehead atoms. The van der Waals surface area contributed by atoms with E-state index in [4.69, 9.17) is 10.8 Å². The third-order valence-electron chi connectivity index (χ3n) is 3.47. The second kappa shape index (κ2) is 5.48. The Kier molecular flexibility index (Phi) is 3.98. The van der Waals surface area contributed by atoms with Gasteiger partial charge >= 0.3 is 0 Å². The van der Waals surface area contributed by atoms with E-state index < -0.39 is 0 Å². The molecule has 0 aliphatic carbocycles. The molecule has 4 heteroatoms. The Labute approximate surface area is 96.8 Å². The van der Waals surface area contributed by atoms with Crippen LogP contribution < -0.4 is 11.1 Å². The van der Waals surface area contributed by atoms with Gasteiger partial charge in [-0.15, -0.1) is 0 Å². The minimum Gasteiger partial charge on any atom is -0.396 e. The molecule has 0 spiro atoms. The van der Waals surface area contributed by atoms with Crippen molar-refractivity contribution in [3.63, 3.8) is 0 Å². The number of piperidine rings is 1. The van der Waals surface area contributed by atoms with Crippen LogP contribution in [-0.4, -0.2) is 42.4 Å². The van der Waals surface area contributed by atoms with Gasteiger partial charge < -0.3 is 16.2 Å². The van der Waals surface area contributed by atoms with E-state index in [2.05, 4.69) is 22.4 Å². The van der Waals surface area contributed by atoms with Crippen molar-refractivity contribution in [2.24, 2.45) is 11.7 Å². The lowest BCUT2D eigenvalue weighted by molar-refractivity contribution is 0.108. The van der Waals surface area contributed by atoms with Crippen LogP contribution in [-0.2, 0) is 0 Å². The van der Waals surface area contributed by atoms with Crippen molar-refractivity contribution in [2.75, 3.05) is 26.2 Å². The molecule has 0 amide bonds. The quantitative estimate of drug-likeness (QED) is 0.631. The molecule has 16 heavy (non-hydrogen) atoms. The smallest absolute Gasteiger partial charge is 0.0985 e. The normalized spacial score (nSPS) is 27.6. The summed E-state index contributed by atoms with van der Waals surface area (Å²) in [6, 6.07) is 0. The van der Waals surface area contributed by atoms with E-state index in [1.54, 1.807) is 0 Å². The number of nitrogens with zero attached hydrogens (tertiary/aromatic N) is 1. The van der Waals surface area contributed by atoms with Gasteiger partial charge in [-0.05, 0) is 30.4 Å². The molecule has 4 N–H and O–H groups in total. The summed E-state index contributed by atoms with van der Waals surface area (Å²) >= 11 is 0. The number of hydrogen-bond donors (Lipinski definition) is 3. The average molecular weight is 223 g/mol. The minimum atomic E-state index is 0.301. The Bertz CT molecular complexity index is 280. The molecule has 0 aromatic carbocycles. The number of rotatable bonds is 3. The molecule has 2 rings (SSSR count). The Morgan fingerprint density at radius 2 is 2.19 bits per heavy atom. The van der Waals surface area contributed by atoms with E-state index in [-0.39, 0.29) is 0 Å². The SMILES string of the molecule is NCC1=CNC(N2CCC(CO)CC2)C=C1. The molecule has 1 atom stereocenters. The van der Waals surface area contributed by atoms with Crippen LogP contribution in [0.3, 0.4) is 0 Å². The van der Waals surface area contributed by atoms with Crippen LogP contribution in [0.4, 0.5) is 0 Å². The Morgan fingerprint density at radius 1 is 1.44 bits per heavy atom. The number of nitrogens with one attached hydrogen (secondary N) is 1. The first-order valence-corrected chi connectivity index (χ1v) is 6.01. The summed E-state index contributed by atoms with van der Waals surface area (Å²) < 4.78 is 0. The summed E-state index contributed by atoms with van der Waals surface area (Å²) in [4.78, 5) is 2.41. The Morgan fingerprint density at radius 3 is 2.69 bits per heavy atom. The zero-order chi connectivity index (χ0) is 11.4. The maximum Gasteiger partial charge on any atom is 0.0985 e. The van der Waals surface area contributed by atoms with Crippen LogP contribution in [0, 0.1) is 5.92 Å². The molecule has 0 aromatic heterocycles. The average Bonchev–Trinajstić information content (AvgIpc) is 2.39. The number of likely N-dealkylation sites (tertiary alicyclic amines) is 1. The fraction of sp³-hybridized carbons (Fsp3) is 0.667. The van der Waals surface area contributed by atoms with Gasteiger partial charge in [0.15, 0.2) is 0 Å². The summed E-state index contributed by atoms with van der Waals surface area (Å²) in [5, 5.41) is 12.4. The highest BCUT2D eigenvalue weighted by atomic mass is 16.3. The maximum absolute atomic E-state index is 9.08. The van der Waals surface area contributed by atoms with Gasteiger partial charge in [-0.1, -0.05) is 6.08 Å². The van der Waals surface area contributed by atoms with E-state index >= 15 is 0 Å². The number of hydrogen-bond acceptors (Lipinski definition) is 4. The largest absolute Gasteiger partial charge is 0.396 e. The summed E-state index contributed by atoms with van der Waals surface area (Å²) in [5.74, 6) is 0.499. The molecule has 1 fully saturated rings. The van der Waals surface area contributed by atoms with E-state index in [0.29, 0.717) is 25.2 Å². The van der Waals surface area contributed by atoms with Crippen LogP contribution in [0.5, 0.6) is 0 Å². The fourth-order valence-electron chi connectivity index (χ4n) is 2.28. The topological polar surface area (TPSA) is 61.5 Å². The summed E-state index contributed by atoms with van der Waals surface area (Å²) in [6.45, 7) is 3.03. The first kappa shape index (κ1) is 11.6. The lowest BCUT2D eigenvalue weighted by Gasteiger charge is -2.36. The van der Waals surface area contributed by atoms with Gasteiger partial charge in [-0.25, -0.2) is 0 Å². The first-order chi connectivity index (χ1) is 7.83. The summed E-state index contributed by atoms with van der Waals surface area (Å²) in [5.41, 5.74) is 6.70. The van der Waals surface area contributed by atoms with Crippen molar-refractivity contribution >= 4 is 0 Å². The highest BCUT2D eigenvalue weighted by Gasteiger charge is 2.23. The van der Waals surface area contributed by atoms with Gasteiger partial charge in [0.25, 0.3) is 0 Å². The molecular weight excluding hydrogens is 202 g/mol. The first-order valence-electron chi connectivity index (χ1n) is 6.01. The molecule has 90 valence electrons. The minimum absolute atomic E-state index is 0.301. The lowest BCUT2D eigenvalue weighted by atomic mass is 9.97. The number of nitrogens with two attached hydrogens (primary N) is 1. The van der Waals surface area contributed by atoms with Crippen LogP contribution in [0.1, 0.15) is 12.8 Å². The number of dihydropyridines is 1. The van der Waals surface area contributed by atoms with Gasteiger partial charge in [0.05, 0.1) is 6.17 Å². The molecule has 2 aliphatic rings. The van der Waals surface area contributed by atoms with Crippen molar-refractivity contribution in [3.05, 3.63) is 23.9 Å². The molecule has 4 nitrogen and oxygen atoms in total. The monoisotopic (exact) mass is 223 g/mol. The van der Waals surface area contributed by atoms with E-state index in [1.165, 1.54) is 0 Å². The van der Waals surface area contributed by atoms with Gasteiger partial charge in [0.2, 0.25) is 0 Å². The summed E-state index contributed by atoms with van der Waals surface area (Å²) in [7, 11) is 0. The zero-order valence-electron chi connectivity index (χ0n) is 9.60. The van der Waals surface area contributed by atoms with E-state index in [1.807, 2.05) is 6.20 Å². The second-order valence-electron chi connectivity index (χ2n) is 4.56. The molecule has 1 unspecified atom stereocenters. The molecule has 2 aliphatic heterocycles. The van der Waals surface area contributed by atoms with Crippen LogP contribution in [0.25, 0.3) is 0 Å². The van der Waals surface area contributed by atoms with Crippen LogP contribution in [0.15, 0.2) is 23.9 Å². The zero-order valence-corrected chi connectivity index (χ0v) is 9.60. The predicted octanol–water partition coefficient (Wildman–Crippen LogP) is 0.0188. The lowest BCUT2D eigenvalue weighted by Crippen LogP contribution is -2.47. The van der Waals surface area contributed by atoms with Crippen molar-refractivity contribution in [1.29, 1.82) is 0 Å². The van der Waals surface area contributed by atoms with E-state index in [9.17, 15) is 0 Å². The van der Waals surface area contributed by atoms with Gasteiger partial charge in [0.1, 0.15) is 0 Å². The third-order valence-corrected chi connectivity index (χ3v) is 3.47. The van der Waals surface area contributed by atoms with Crippen molar-refractivity contribution in [1.82, 2.24) is 10.2 Å². The van der Waals surface area contributed by atoms with E-state index in [0.717, 1.165) is 31.5 Å². The Balaban J connectivity index is 1.83. The number of aliphatic hydroxyl groups excluding tert-OH is 1. The van der Waals surface area contributed by atoms with Gasteiger partial charge in [-0.2, -0.15) is 0 Å². The van der Waals surface area contributed by atoms with Crippen molar-refractivity contribution < 1.29 is 5.11 Å². The maximum atomic E-state index is 9.08. The fourth-order valence-corrected chi connectivity index (χ4v) is 2.28. The molecular formula is C12H21N3O. The predicted molar refractivity (Wildman–Crippen MR) is 64.6 cm³/mol. The summed E-state index contributed by atoms with van der Waals surface area (Å²) in [6.07, 6.45) is 8.75. The molecule has 1 saturated heterocycles. The molecule has 2 heterocycles. The molecule has 0 saturated carbocycles. The highest BCUT2D eigenvalue weighted by Crippen LogP contribution is 2.19.